The molecule has 0 bridgehead atoms. The van der Waals surface area contributed by atoms with Crippen molar-refractivity contribution in [1.82, 2.24) is 9.80 Å². The molecule has 2 aliphatic rings. The fourth-order valence-electron chi connectivity index (χ4n) is 3.49. The Hall–Kier alpha value is -1.59. The van der Waals surface area contributed by atoms with Crippen molar-refractivity contribution in [2.75, 3.05) is 31.9 Å². The molecule has 2 atom stereocenters. The molecule has 0 aliphatic carbocycles. The molecule has 206 valence electrons. The van der Waals surface area contributed by atoms with E-state index in [0.717, 1.165) is 19.3 Å². The Morgan fingerprint density at radius 1 is 0.857 bits per heavy atom. The molecule has 0 spiro atoms. The lowest BCUT2D eigenvalue weighted by atomic mass is 10.2. The second-order valence-electron chi connectivity index (χ2n) is 11.1. The van der Waals surface area contributed by atoms with Crippen molar-refractivity contribution < 1.29 is 36.8 Å². The molecular formula is C24H46N2O8S. The van der Waals surface area contributed by atoms with Crippen LogP contribution in [0.4, 0.5) is 9.59 Å². The SMILES string of the molecule is CC(C)(C)OC(=O)N1CC[C@H](O)C1.CCCCCCS(=O)(=O)O[C@@H]1CCN(C(=O)OC(C)(C)C)C1. The zero-order valence-electron chi connectivity index (χ0n) is 22.5. The van der Waals surface area contributed by atoms with Crippen LogP contribution in [0.25, 0.3) is 0 Å². The van der Waals surface area contributed by atoms with E-state index in [9.17, 15) is 23.1 Å². The lowest BCUT2D eigenvalue weighted by molar-refractivity contribution is 0.0263. The summed E-state index contributed by atoms with van der Waals surface area (Å²) in [5.41, 5.74) is -1.01. The Balaban J connectivity index is 0.000000400. The molecular weight excluding hydrogens is 476 g/mol. The van der Waals surface area contributed by atoms with Crippen LogP contribution in [-0.2, 0) is 23.8 Å². The molecule has 2 heterocycles. The molecule has 0 saturated carbocycles. The molecule has 11 heteroatoms. The topological polar surface area (TPSA) is 123 Å². The van der Waals surface area contributed by atoms with Gasteiger partial charge in [0.2, 0.25) is 0 Å². The van der Waals surface area contributed by atoms with E-state index < -0.39 is 33.5 Å². The molecule has 0 aromatic carbocycles. The summed E-state index contributed by atoms with van der Waals surface area (Å²) in [6.45, 7) is 14.7. The van der Waals surface area contributed by atoms with Gasteiger partial charge in [0.05, 0.1) is 24.5 Å². The van der Waals surface area contributed by atoms with E-state index in [1.54, 1.807) is 20.8 Å². The van der Waals surface area contributed by atoms with E-state index >= 15 is 0 Å². The highest BCUT2D eigenvalue weighted by molar-refractivity contribution is 7.86. The van der Waals surface area contributed by atoms with E-state index in [1.165, 1.54) is 9.80 Å². The minimum atomic E-state index is -3.51. The molecule has 2 fully saturated rings. The molecule has 0 aromatic heterocycles. The summed E-state index contributed by atoms with van der Waals surface area (Å²) in [6, 6.07) is 0. The highest BCUT2D eigenvalue weighted by Gasteiger charge is 2.33. The molecule has 2 saturated heterocycles. The van der Waals surface area contributed by atoms with Crippen LogP contribution in [0, 0.1) is 0 Å². The number of nitrogens with zero attached hydrogens (tertiary/aromatic N) is 2. The van der Waals surface area contributed by atoms with Gasteiger partial charge in [-0.3, -0.25) is 4.18 Å². The van der Waals surface area contributed by atoms with Crippen LogP contribution in [0.1, 0.15) is 87.0 Å². The number of carbonyl (C=O) groups is 2. The van der Waals surface area contributed by atoms with Crippen molar-refractivity contribution in [3.8, 4) is 0 Å². The number of β-amino-alcohol motifs (C(OH)–C–C–N with tert-alkyl or cyclic N) is 1. The van der Waals surface area contributed by atoms with Crippen LogP contribution < -0.4 is 0 Å². The number of carbonyl (C=O) groups excluding carboxylic acids is 2. The third-order valence-corrected chi connectivity index (χ3v) is 6.50. The average Bonchev–Trinajstić information content (AvgIpc) is 3.32. The van der Waals surface area contributed by atoms with Gasteiger partial charge in [-0.1, -0.05) is 26.2 Å². The highest BCUT2D eigenvalue weighted by Crippen LogP contribution is 2.19. The third kappa shape index (κ3) is 13.9. The van der Waals surface area contributed by atoms with Gasteiger partial charge in [-0.05, 0) is 60.8 Å². The van der Waals surface area contributed by atoms with Gasteiger partial charge >= 0.3 is 12.2 Å². The van der Waals surface area contributed by atoms with Crippen molar-refractivity contribution in [3.63, 3.8) is 0 Å². The summed E-state index contributed by atoms with van der Waals surface area (Å²) in [7, 11) is -3.51. The number of ether oxygens (including phenoxy) is 2. The van der Waals surface area contributed by atoms with E-state index in [4.69, 9.17) is 13.7 Å². The summed E-state index contributed by atoms with van der Waals surface area (Å²) in [5, 5.41) is 9.20. The van der Waals surface area contributed by atoms with Crippen LogP contribution in [0.15, 0.2) is 0 Å². The number of rotatable bonds is 7. The first-order valence-corrected chi connectivity index (χ1v) is 14.1. The van der Waals surface area contributed by atoms with E-state index in [2.05, 4.69) is 6.92 Å². The van der Waals surface area contributed by atoms with Crippen LogP contribution in [0.2, 0.25) is 0 Å². The molecule has 35 heavy (non-hydrogen) atoms. The fourth-order valence-corrected chi connectivity index (χ4v) is 4.72. The molecule has 2 amide bonds. The van der Waals surface area contributed by atoms with Crippen LogP contribution >= 0.6 is 0 Å². The monoisotopic (exact) mass is 522 g/mol. The van der Waals surface area contributed by atoms with Crippen molar-refractivity contribution in [3.05, 3.63) is 0 Å². The maximum atomic E-state index is 11.9. The van der Waals surface area contributed by atoms with Crippen LogP contribution in [-0.4, -0.2) is 90.9 Å². The molecule has 10 nitrogen and oxygen atoms in total. The lowest BCUT2D eigenvalue weighted by Crippen LogP contribution is -2.36. The van der Waals surface area contributed by atoms with E-state index in [1.807, 2.05) is 20.8 Å². The Morgan fingerprint density at radius 2 is 1.37 bits per heavy atom. The van der Waals surface area contributed by atoms with Crippen LogP contribution in [0.5, 0.6) is 0 Å². The second kappa shape index (κ2) is 13.6. The first kappa shape index (κ1) is 31.4. The number of amides is 2. The van der Waals surface area contributed by atoms with Crippen molar-refractivity contribution in [2.45, 2.75) is 110 Å². The van der Waals surface area contributed by atoms with Crippen LogP contribution in [0.3, 0.4) is 0 Å². The standard InChI is InChI=1S/C15H29NO5S.C9H17NO3/c1-5-6-7-8-11-22(18,19)21-13-9-10-16(12-13)14(17)20-15(2,3)4;1-9(2,3)13-8(12)10-5-4-7(11)6-10/h13H,5-12H2,1-4H3;7,11H,4-6H2,1-3H3/t13-;7-/m10/s1. The molecule has 0 radical (unpaired) electrons. The first-order chi connectivity index (χ1) is 16.0. The number of aliphatic hydroxyl groups excluding tert-OH is 1. The number of aliphatic hydroxyl groups is 1. The summed E-state index contributed by atoms with van der Waals surface area (Å²) in [6.07, 6.45) is 3.21. The Labute approximate surface area is 211 Å². The zero-order chi connectivity index (χ0) is 26.9. The molecule has 1 N–H and O–H groups in total. The predicted molar refractivity (Wildman–Crippen MR) is 134 cm³/mol. The second-order valence-corrected chi connectivity index (χ2v) is 12.8. The van der Waals surface area contributed by atoms with Gasteiger partial charge in [-0.15, -0.1) is 0 Å². The highest BCUT2D eigenvalue weighted by atomic mass is 32.2. The maximum Gasteiger partial charge on any atom is 0.410 e. The zero-order valence-corrected chi connectivity index (χ0v) is 23.4. The summed E-state index contributed by atoms with van der Waals surface area (Å²) < 4.78 is 39.4. The van der Waals surface area contributed by atoms with Gasteiger partial charge in [-0.2, -0.15) is 8.42 Å². The summed E-state index contributed by atoms with van der Waals surface area (Å²) >= 11 is 0. The van der Waals surface area contributed by atoms with Crippen molar-refractivity contribution >= 4 is 22.3 Å². The van der Waals surface area contributed by atoms with Crippen molar-refractivity contribution in [2.24, 2.45) is 0 Å². The van der Waals surface area contributed by atoms with Gasteiger partial charge in [0.15, 0.2) is 0 Å². The van der Waals surface area contributed by atoms with Crippen molar-refractivity contribution in [1.29, 1.82) is 0 Å². The average molecular weight is 523 g/mol. The largest absolute Gasteiger partial charge is 0.444 e. The first-order valence-electron chi connectivity index (χ1n) is 12.6. The Bertz CT molecular complexity index is 773. The lowest BCUT2D eigenvalue weighted by Gasteiger charge is -2.24. The Morgan fingerprint density at radius 3 is 1.83 bits per heavy atom. The Kier molecular flexibility index (Phi) is 12.3. The quantitative estimate of drug-likeness (QED) is 0.394. The van der Waals surface area contributed by atoms with Gasteiger partial charge in [-0.25, -0.2) is 9.59 Å². The predicted octanol–water partition coefficient (Wildman–Crippen LogP) is 3.91. The van der Waals surface area contributed by atoms with Gasteiger partial charge in [0.1, 0.15) is 11.2 Å². The molecule has 0 unspecified atom stereocenters. The van der Waals surface area contributed by atoms with Gasteiger partial charge in [0, 0.05) is 19.6 Å². The van der Waals surface area contributed by atoms with Gasteiger partial charge in [0.25, 0.3) is 10.1 Å². The summed E-state index contributed by atoms with van der Waals surface area (Å²) in [5.74, 6) is 0.0515. The maximum absolute atomic E-state index is 11.9. The third-order valence-electron chi connectivity index (χ3n) is 5.14. The summed E-state index contributed by atoms with van der Waals surface area (Å²) in [4.78, 5) is 26.4. The number of hydrogen-bond acceptors (Lipinski definition) is 8. The fraction of sp³-hybridized carbons (Fsp3) is 0.917. The number of hydrogen-bond donors (Lipinski definition) is 1. The molecule has 0 aromatic rings. The smallest absolute Gasteiger partial charge is 0.410 e. The number of likely N-dealkylation sites (tertiary alicyclic amines) is 2. The molecule has 2 aliphatic heterocycles. The van der Waals surface area contributed by atoms with E-state index in [0.29, 0.717) is 38.9 Å². The van der Waals surface area contributed by atoms with E-state index in [-0.39, 0.29) is 24.5 Å². The minimum absolute atomic E-state index is 0.0515. The minimum Gasteiger partial charge on any atom is -0.444 e. The number of unbranched alkanes of at least 4 members (excludes halogenated alkanes) is 3. The molecule has 2 rings (SSSR count). The normalized spacial score (nSPS) is 20.9. The van der Waals surface area contributed by atoms with Gasteiger partial charge < -0.3 is 24.4 Å².